The summed E-state index contributed by atoms with van der Waals surface area (Å²) in [5.74, 6) is 0.700. The summed E-state index contributed by atoms with van der Waals surface area (Å²) in [6.07, 6.45) is 4.13. The first kappa shape index (κ1) is 7.80. The van der Waals surface area contributed by atoms with E-state index < -0.39 is 0 Å². The van der Waals surface area contributed by atoms with Crippen LogP contribution < -0.4 is 0 Å². The topological polar surface area (TPSA) is 40.5 Å². The van der Waals surface area contributed by atoms with Gasteiger partial charge < -0.3 is 10.0 Å². The van der Waals surface area contributed by atoms with Crippen LogP contribution in [0, 0.1) is 11.3 Å². The van der Waals surface area contributed by atoms with Crippen LogP contribution in [0.15, 0.2) is 0 Å². The van der Waals surface area contributed by atoms with E-state index in [2.05, 4.69) is 0 Å². The molecule has 13 heavy (non-hydrogen) atoms. The number of hydrogen-bond donors (Lipinski definition) is 1. The van der Waals surface area contributed by atoms with Gasteiger partial charge in [-0.05, 0) is 24.7 Å². The van der Waals surface area contributed by atoms with Crippen LogP contribution in [-0.4, -0.2) is 35.1 Å². The zero-order chi connectivity index (χ0) is 9.05. The summed E-state index contributed by atoms with van der Waals surface area (Å²) in [6.45, 7) is 1.20. The van der Waals surface area contributed by atoms with Crippen molar-refractivity contribution in [1.82, 2.24) is 4.90 Å². The molecule has 0 aromatic carbocycles. The van der Waals surface area contributed by atoms with Crippen molar-refractivity contribution in [3.63, 3.8) is 0 Å². The van der Waals surface area contributed by atoms with E-state index in [1.807, 2.05) is 4.90 Å². The van der Waals surface area contributed by atoms with Crippen LogP contribution in [-0.2, 0) is 4.79 Å². The molecule has 3 heteroatoms. The zero-order valence-corrected chi connectivity index (χ0v) is 7.70. The molecule has 2 heterocycles. The van der Waals surface area contributed by atoms with Crippen molar-refractivity contribution in [1.29, 1.82) is 0 Å². The molecule has 0 radical (unpaired) electrons. The van der Waals surface area contributed by atoms with Gasteiger partial charge in [0, 0.05) is 31.5 Å². The van der Waals surface area contributed by atoms with Crippen LogP contribution in [0.4, 0.5) is 0 Å². The average molecular weight is 181 g/mol. The standard InChI is InChI=1S/C10H15NO2/c12-5-7-8-1-2-9(13)11(8)6-10(7)3-4-10/h7-8,12H,1-6H2. The van der Waals surface area contributed by atoms with E-state index in [-0.39, 0.29) is 6.61 Å². The number of amides is 1. The smallest absolute Gasteiger partial charge is 0.222 e. The quantitative estimate of drug-likeness (QED) is 0.635. The molecular formula is C10H15NO2. The number of aliphatic hydroxyl groups excluding tert-OH is 1. The molecule has 0 aromatic heterocycles. The van der Waals surface area contributed by atoms with Crippen molar-refractivity contribution >= 4 is 5.91 Å². The van der Waals surface area contributed by atoms with E-state index in [1.54, 1.807) is 0 Å². The van der Waals surface area contributed by atoms with Crippen LogP contribution in [0.5, 0.6) is 0 Å². The summed E-state index contributed by atoms with van der Waals surface area (Å²) >= 11 is 0. The van der Waals surface area contributed by atoms with Gasteiger partial charge in [-0.2, -0.15) is 0 Å². The van der Waals surface area contributed by atoms with Gasteiger partial charge in [-0.1, -0.05) is 0 Å². The SMILES string of the molecule is O=C1CCC2C(CO)C3(CC3)CN12. The summed E-state index contributed by atoms with van der Waals surface area (Å²) in [5.41, 5.74) is 0.343. The second-order valence-electron chi connectivity index (χ2n) is 4.78. The zero-order valence-electron chi connectivity index (χ0n) is 7.70. The first-order valence-electron chi connectivity index (χ1n) is 5.17. The van der Waals surface area contributed by atoms with Crippen LogP contribution in [0.3, 0.4) is 0 Å². The Balaban J connectivity index is 1.90. The van der Waals surface area contributed by atoms with Gasteiger partial charge in [0.1, 0.15) is 0 Å². The highest BCUT2D eigenvalue weighted by Gasteiger charge is 2.61. The van der Waals surface area contributed by atoms with E-state index in [4.69, 9.17) is 0 Å². The monoisotopic (exact) mass is 181 g/mol. The lowest BCUT2D eigenvalue weighted by molar-refractivity contribution is -0.128. The molecule has 1 amide bonds. The summed E-state index contributed by atoms with van der Waals surface area (Å²) in [6, 6.07) is 0.375. The second kappa shape index (κ2) is 2.27. The summed E-state index contributed by atoms with van der Waals surface area (Å²) in [7, 11) is 0. The van der Waals surface area contributed by atoms with E-state index in [1.165, 1.54) is 12.8 Å². The number of nitrogens with zero attached hydrogens (tertiary/aromatic N) is 1. The fraction of sp³-hybridized carbons (Fsp3) is 0.900. The maximum Gasteiger partial charge on any atom is 0.222 e. The maximum atomic E-state index is 11.5. The Morgan fingerprint density at radius 1 is 1.54 bits per heavy atom. The van der Waals surface area contributed by atoms with Gasteiger partial charge in [-0.3, -0.25) is 4.79 Å². The van der Waals surface area contributed by atoms with Gasteiger partial charge in [0.2, 0.25) is 5.91 Å². The Bertz CT molecular complexity index is 260. The van der Waals surface area contributed by atoms with Gasteiger partial charge in [0.05, 0.1) is 0 Å². The van der Waals surface area contributed by atoms with Gasteiger partial charge >= 0.3 is 0 Å². The Labute approximate surface area is 77.7 Å². The average Bonchev–Trinajstić information content (AvgIpc) is 2.68. The van der Waals surface area contributed by atoms with Gasteiger partial charge in [0.25, 0.3) is 0 Å². The third kappa shape index (κ3) is 0.857. The van der Waals surface area contributed by atoms with Crippen molar-refractivity contribution in [2.45, 2.75) is 31.7 Å². The van der Waals surface area contributed by atoms with Crippen LogP contribution in [0.2, 0.25) is 0 Å². The maximum absolute atomic E-state index is 11.5. The molecule has 3 rings (SSSR count). The molecule has 2 atom stereocenters. The largest absolute Gasteiger partial charge is 0.396 e. The van der Waals surface area contributed by atoms with Gasteiger partial charge in [-0.15, -0.1) is 0 Å². The number of carbonyl (C=O) groups is 1. The summed E-state index contributed by atoms with van der Waals surface area (Å²) in [4.78, 5) is 13.5. The number of carbonyl (C=O) groups excluding carboxylic acids is 1. The number of aliphatic hydroxyl groups is 1. The molecule has 2 unspecified atom stereocenters. The minimum atomic E-state index is 0.272. The number of hydrogen-bond acceptors (Lipinski definition) is 2. The minimum absolute atomic E-state index is 0.272. The highest BCUT2D eigenvalue weighted by molar-refractivity contribution is 5.79. The molecule has 0 aromatic rings. The van der Waals surface area contributed by atoms with E-state index >= 15 is 0 Å². The third-order valence-corrected chi connectivity index (χ3v) is 4.20. The predicted molar refractivity (Wildman–Crippen MR) is 47.0 cm³/mol. The molecule has 3 fully saturated rings. The number of fused-ring (bicyclic) bond motifs is 1. The Morgan fingerprint density at radius 3 is 2.92 bits per heavy atom. The predicted octanol–water partition coefficient (Wildman–Crippen LogP) is 0.380. The van der Waals surface area contributed by atoms with Crippen molar-refractivity contribution in [2.24, 2.45) is 11.3 Å². The van der Waals surface area contributed by atoms with Crippen molar-refractivity contribution < 1.29 is 9.90 Å². The molecule has 2 saturated heterocycles. The molecule has 3 nitrogen and oxygen atoms in total. The minimum Gasteiger partial charge on any atom is -0.396 e. The Kier molecular flexibility index (Phi) is 1.36. The molecule has 1 saturated carbocycles. The normalized spacial score (nSPS) is 40.1. The molecule has 1 aliphatic carbocycles. The highest BCUT2D eigenvalue weighted by atomic mass is 16.3. The molecule has 2 aliphatic heterocycles. The molecular weight excluding hydrogens is 166 g/mol. The second-order valence-corrected chi connectivity index (χ2v) is 4.78. The summed E-state index contributed by atoms with van der Waals surface area (Å²) < 4.78 is 0. The van der Waals surface area contributed by atoms with Crippen LogP contribution in [0.1, 0.15) is 25.7 Å². The van der Waals surface area contributed by atoms with Gasteiger partial charge in [0.15, 0.2) is 0 Å². The van der Waals surface area contributed by atoms with E-state index in [9.17, 15) is 9.90 Å². The molecule has 1 spiro atoms. The van der Waals surface area contributed by atoms with Gasteiger partial charge in [-0.25, -0.2) is 0 Å². The molecule has 3 aliphatic rings. The Hall–Kier alpha value is -0.570. The van der Waals surface area contributed by atoms with Crippen molar-refractivity contribution in [3.05, 3.63) is 0 Å². The summed E-state index contributed by atoms with van der Waals surface area (Å²) in [5, 5.41) is 9.34. The Morgan fingerprint density at radius 2 is 2.31 bits per heavy atom. The fourth-order valence-electron chi connectivity index (χ4n) is 3.25. The van der Waals surface area contributed by atoms with Crippen LogP contribution >= 0.6 is 0 Å². The lowest BCUT2D eigenvalue weighted by Crippen LogP contribution is -2.30. The molecule has 72 valence electrons. The third-order valence-electron chi connectivity index (χ3n) is 4.20. The lowest BCUT2D eigenvalue weighted by Gasteiger charge is -2.19. The first-order chi connectivity index (χ1) is 6.27. The fourth-order valence-corrected chi connectivity index (χ4v) is 3.25. The van der Waals surface area contributed by atoms with E-state index in [0.717, 1.165) is 13.0 Å². The highest BCUT2D eigenvalue weighted by Crippen LogP contribution is 2.60. The first-order valence-corrected chi connectivity index (χ1v) is 5.17. The molecule has 1 N–H and O–H groups in total. The lowest BCUT2D eigenvalue weighted by atomic mass is 9.87. The van der Waals surface area contributed by atoms with Crippen molar-refractivity contribution in [3.8, 4) is 0 Å². The van der Waals surface area contributed by atoms with Crippen LogP contribution in [0.25, 0.3) is 0 Å². The molecule has 0 bridgehead atoms. The van der Waals surface area contributed by atoms with E-state index in [0.29, 0.717) is 29.7 Å². The van der Waals surface area contributed by atoms with Crippen molar-refractivity contribution in [2.75, 3.05) is 13.2 Å². The number of rotatable bonds is 1.